The maximum absolute atomic E-state index is 6.00. The fraction of sp³-hybridized carbons (Fsp3) is 0.600. The maximum atomic E-state index is 6.00. The van der Waals surface area contributed by atoms with Gasteiger partial charge >= 0.3 is 0 Å². The predicted molar refractivity (Wildman–Crippen MR) is 50.4 cm³/mol. The molecule has 2 aliphatic rings. The van der Waals surface area contributed by atoms with Crippen LogP contribution in [-0.4, -0.2) is 5.66 Å². The van der Waals surface area contributed by atoms with Gasteiger partial charge in [-0.3, -0.25) is 0 Å². The van der Waals surface area contributed by atoms with Crippen molar-refractivity contribution in [2.45, 2.75) is 37.8 Å². The molecule has 0 aliphatic heterocycles. The Balaban J connectivity index is 2.36. The van der Waals surface area contributed by atoms with Crippen LogP contribution >= 0.6 is 0 Å². The Kier molecular flexibility index (Phi) is 1.81. The van der Waals surface area contributed by atoms with Crippen molar-refractivity contribution in [2.24, 2.45) is 11.5 Å². The van der Waals surface area contributed by atoms with Crippen molar-refractivity contribution in [3.05, 3.63) is 23.3 Å². The van der Waals surface area contributed by atoms with Crippen LogP contribution in [0.25, 0.3) is 0 Å². The van der Waals surface area contributed by atoms with E-state index in [4.69, 9.17) is 11.5 Å². The van der Waals surface area contributed by atoms with Crippen molar-refractivity contribution in [1.82, 2.24) is 0 Å². The van der Waals surface area contributed by atoms with E-state index in [9.17, 15) is 0 Å². The standard InChI is InChI=1S/C10H16N2/c11-10(12)7-3-5-8-4-1-2-6-9(8)10/h3,5H,1-2,4,6-7,11-12H2. The van der Waals surface area contributed by atoms with Crippen LogP contribution in [0.4, 0.5) is 0 Å². The molecule has 0 atom stereocenters. The summed E-state index contributed by atoms with van der Waals surface area (Å²) in [5.41, 5.74) is 14.2. The summed E-state index contributed by atoms with van der Waals surface area (Å²) in [6.45, 7) is 0. The third-order valence-corrected chi connectivity index (χ3v) is 2.85. The molecule has 0 saturated heterocycles. The molecule has 0 amide bonds. The lowest BCUT2D eigenvalue weighted by atomic mass is 9.80. The molecule has 0 radical (unpaired) electrons. The minimum absolute atomic E-state index is 0.537. The van der Waals surface area contributed by atoms with E-state index in [1.165, 1.54) is 30.4 Å². The second kappa shape index (κ2) is 2.71. The number of rotatable bonds is 0. The summed E-state index contributed by atoms with van der Waals surface area (Å²) in [7, 11) is 0. The van der Waals surface area contributed by atoms with Crippen molar-refractivity contribution in [2.75, 3.05) is 0 Å². The average molecular weight is 164 g/mol. The van der Waals surface area contributed by atoms with Gasteiger partial charge in [-0.25, -0.2) is 0 Å². The van der Waals surface area contributed by atoms with Gasteiger partial charge < -0.3 is 11.5 Å². The lowest BCUT2D eigenvalue weighted by Gasteiger charge is -2.34. The summed E-state index contributed by atoms with van der Waals surface area (Å²) >= 11 is 0. The molecule has 0 bridgehead atoms. The molecular weight excluding hydrogens is 148 g/mol. The highest BCUT2D eigenvalue weighted by Gasteiger charge is 2.29. The average Bonchev–Trinajstić information content (AvgIpc) is 2.04. The Morgan fingerprint density at radius 1 is 1.17 bits per heavy atom. The summed E-state index contributed by atoms with van der Waals surface area (Å²) < 4.78 is 0. The van der Waals surface area contributed by atoms with Crippen molar-refractivity contribution in [3.63, 3.8) is 0 Å². The molecule has 12 heavy (non-hydrogen) atoms. The topological polar surface area (TPSA) is 52.0 Å². The van der Waals surface area contributed by atoms with Crippen LogP contribution in [0, 0.1) is 0 Å². The molecule has 0 aromatic carbocycles. The van der Waals surface area contributed by atoms with Crippen LogP contribution in [0.5, 0.6) is 0 Å². The van der Waals surface area contributed by atoms with E-state index in [0.29, 0.717) is 0 Å². The van der Waals surface area contributed by atoms with Crippen LogP contribution in [0.3, 0.4) is 0 Å². The number of nitrogens with two attached hydrogens (primary N) is 2. The van der Waals surface area contributed by atoms with Gasteiger partial charge in [-0.2, -0.15) is 0 Å². The second-order valence-corrected chi connectivity index (χ2v) is 3.86. The summed E-state index contributed by atoms with van der Waals surface area (Å²) in [5, 5.41) is 0. The minimum Gasteiger partial charge on any atom is -0.310 e. The summed E-state index contributed by atoms with van der Waals surface area (Å²) in [5.74, 6) is 0. The van der Waals surface area contributed by atoms with Gasteiger partial charge in [0.2, 0.25) is 0 Å². The third-order valence-electron chi connectivity index (χ3n) is 2.85. The number of hydrogen-bond donors (Lipinski definition) is 2. The lowest BCUT2D eigenvalue weighted by molar-refractivity contribution is 0.469. The Morgan fingerprint density at radius 2 is 1.92 bits per heavy atom. The number of allylic oxidation sites excluding steroid dienone is 2. The Morgan fingerprint density at radius 3 is 2.67 bits per heavy atom. The van der Waals surface area contributed by atoms with Gasteiger partial charge in [0.15, 0.2) is 0 Å². The van der Waals surface area contributed by atoms with Gasteiger partial charge in [0.05, 0.1) is 5.66 Å². The Hall–Kier alpha value is -0.600. The summed E-state index contributed by atoms with van der Waals surface area (Å²) in [6, 6.07) is 0. The molecule has 0 aromatic rings. The summed E-state index contributed by atoms with van der Waals surface area (Å²) in [4.78, 5) is 0. The van der Waals surface area contributed by atoms with Crippen LogP contribution < -0.4 is 11.5 Å². The van der Waals surface area contributed by atoms with Gasteiger partial charge in [0.1, 0.15) is 0 Å². The quantitative estimate of drug-likeness (QED) is 0.532. The van der Waals surface area contributed by atoms with Crippen LogP contribution in [-0.2, 0) is 0 Å². The molecule has 0 unspecified atom stereocenters. The molecule has 4 N–H and O–H groups in total. The highest BCUT2D eigenvalue weighted by Crippen LogP contribution is 2.34. The van der Waals surface area contributed by atoms with Crippen LogP contribution in [0.15, 0.2) is 23.3 Å². The zero-order valence-corrected chi connectivity index (χ0v) is 7.34. The zero-order chi connectivity index (χ0) is 8.60. The van der Waals surface area contributed by atoms with E-state index in [1.807, 2.05) is 0 Å². The van der Waals surface area contributed by atoms with Crippen molar-refractivity contribution in [3.8, 4) is 0 Å². The van der Waals surface area contributed by atoms with E-state index >= 15 is 0 Å². The van der Waals surface area contributed by atoms with Crippen molar-refractivity contribution in [1.29, 1.82) is 0 Å². The SMILES string of the molecule is NC1(N)CC=CC2=C1CCCC2. The molecule has 0 spiro atoms. The number of hydrogen-bond acceptors (Lipinski definition) is 2. The maximum Gasteiger partial charge on any atom is 0.0899 e. The minimum atomic E-state index is -0.537. The van der Waals surface area contributed by atoms with Gasteiger partial charge in [0, 0.05) is 6.42 Å². The Labute approximate surface area is 73.3 Å². The van der Waals surface area contributed by atoms with Gasteiger partial charge in [-0.1, -0.05) is 12.2 Å². The highest BCUT2D eigenvalue weighted by atomic mass is 15.0. The molecule has 0 saturated carbocycles. The van der Waals surface area contributed by atoms with E-state index < -0.39 is 5.66 Å². The van der Waals surface area contributed by atoms with Gasteiger partial charge in [0.25, 0.3) is 0 Å². The van der Waals surface area contributed by atoms with Crippen molar-refractivity contribution >= 4 is 0 Å². The third kappa shape index (κ3) is 1.21. The molecule has 0 aromatic heterocycles. The normalized spacial score (nSPS) is 27.2. The highest BCUT2D eigenvalue weighted by molar-refractivity contribution is 5.38. The fourth-order valence-electron chi connectivity index (χ4n) is 2.16. The van der Waals surface area contributed by atoms with E-state index in [0.717, 1.165) is 12.8 Å². The Bertz CT molecular complexity index is 249. The molecule has 2 nitrogen and oxygen atoms in total. The first-order chi connectivity index (χ1) is 5.70. The predicted octanol–water partition coefficient (Wildman–Crippen LogP) is 1.43. The zero-order valence-electron chi connectivity index (χ0n) is 7.34. The second-order valence-electron chi connectivity index (χ2n) is 3.86. The first-order valence-electron chi connectivity index (χ1n) is 4.67. The molecule has 66 valence electrons. The summed E-state index contributed by atoms with van der Waals surface area (Å²) in [6.07, 6.45) is 9.92. The smallest absolute Gasteiger partial charge is 0.0899 e. The van der Waals surface area contributed by atoms with E-state index in [1.54, 1.807) is 0 Å². The first-order valence-corrected chi connectivity index (χ1v) is 4.67. The molecule has 2 aliphatic carbocycles. The van der Waals surface area contributed by atoms with Gasteiger partial charge in [-0.15, -0.1) is 0 Å². The van der Waals surface area contributed by atoms with E-state index in [-0.39, 0.29) is 0 Å². The fourth-order valence-corrected chi connectivity index (χ4v) is 2.16. The monoisotopic (exact) mass is 164 g/mol. The van der Waals surface area contributed by atoms with Crippen molar-refractivity contribution < 1.29 is 0 Å². The van der Waals surface area contributed by atoms with Crippen LogP contribution in [0.1, 0.15) is 32.1 Å². The molecular formula is C10H16N2. The van der Waals surface area contributed by atoms with Crippen LogP contribution in [0.2, 0.25) is 0 Å². The van der Waals surface area contributed by atoms with E-state index in [2.05, 4.69) is 12.2 Å². The largest absolute Gasteiger partial charge is 0.310 e. The first kappa shape index (κ1) is 8.02. The lowest BCUT2D eigenvalue weighted by Crippen LogP contribution is -2.52. The molecule has 2 rings (SSSR count). The van der Waals surface area contributed by atoms with Gasteiger partial charge in [-0.05, 0) is 36.8 Å². The molecule has 0 heterocycles. The molecule has 0 fully saturated rings. The molecule has 2 heteroatoms.